The van der Waals surface area contributed by atoms with Gasteiger partial charge in [0.25, 0.3) is 0 Å². The molecule has 2 aromatic heterocycles. The van der Waals surface area contributed by atoms with Crippen molar-refractivity contribution in [2.45, 2.75) is 12.1 Å². The number of alkyl halides is 3. The van der Waals surface area contributed by atoms with Crippen molar-refractivity contribution in [2.75, 3.05) is 6.54 Å². The van der Waals surface area contributed by atoms with Gasteiger partial charge >= 0.3 is 6.18 Å². The second kappa shape index (κ2) is 4.77. The van der Waals surface area contributed by atoms with Crippen LogP contribution in [-0.2, 0) is 0 Å². The zero-order valence-electron chi connectivity index (χ0n) is 9.30. The van der Waals surface area contributed by atoms with Crippen molar-refractivity contribution < 1.29 is 13.2 Å². The number of nitrogens with two attached hydrogens (primary N) is 1. The Hall–Kier alpha value is -1.89. The van der Waals surface area contributed by atoms with Gasteiger partial charge in [0, 0.05) is 24.5 Å². The third-order valence-electron chi connectivity index (χ3n) is 2.52. The maximum absolute atomic E-state index is 12.7. The standard InChI is InChI=1S/C11H11F3N4/c12-11(13,14)9(5-15)8-6-17-18(7-8)10-3-1-2-4-16-10/h1-4,6-7,9H,5,15H2. The van der Waals surface area contributed by atoms with Gasteiger partial charge in [-0.1, -0.05) is 6.07 Å². The van der Waals surface area contributed by atoms with Crippen molar-refractivity contribution >= 4 is 0 Å². The highest BCUT2D eigenvalue weighted by Gasteiger charge is 2.40. The van der Waals surface area contributed by atoms with Gasteiger partial charge in [-0.2, -0.15) is 18.3 Å². The third kappa shape index (κ3) is 2.51. The van der Waals surface area contributed by atoms with Crippen LogP contribution in [0.25, 0.3) is 5.82 Å². The van der Waals surface area contributed by atoms with Gasteiger partial charge in [-0.15, -0.1) is 0 Å². The highest BCUT2D eigenvalue weighted by Crippen LogP contribution is 2.33. The average Bonchev–Trinajstić information content (AvgIpc) is 2.78. The van der Waals surface area contributed by atoms with Gasteiger partial charge in [-0.05, 0) is 12.1 Å². The Bertz CT molecular complexity index is 507. The number of nitrogens with zero attached hydrogens (tertiary/aromatic N) is 3. The van der Waals surface area contributed by atoms with E-state index < -0.39 is 18.6 Å². The molecule has 2 rings (SSSR count). The number of hydrogen-bond acceptors (Lipinski definition) is 3. The Morgan fingerprint density at radius 2 is 2.11 bits per heavy atom. The van der Waals surface area contributed by atoms with Crippen molar-refractivity contribution in [3.63, 3.8) is 0 Å². The minimum atomic E-state index is -4.37. The molecule has 0 spiro atoms. The van der Waals surface area contributed by atoms with Crippen LogP contribution in [0.3, 0.4) is 0 Å². The number of pyridine rings is 1. The van der Waals surface area contributed by atoms with Crippen LogP contribution in [0.5, 0.6) is 0 Å². The molecule has 0 radical (unpaired) electrons. The van der Waals surface area contributed by atoms with Gasteiger partial charge in [-0.3, -0.25) is 0 Å². The van der Waals surface area contributed by atoms with Gasteiger partial charge in [0.15, 0.2) is 5.82 Å². The second-order valence-corrected chi connectivity index (χ2v) is 3.74. The number of rotatable bonds is 3. The molecule has 18 heavy (non-hydrogen) atoms. The number of halogens is 3. The maximum atomic E-state index is 12.7. The minimum absolute atomic E-state index is 0.0376. The summed E-state index contributed by atoms with van der Waals surface area (Å²) in [4.78, 5) is 4.00. The van der Waals surface area contributed by atoms with Gasteiger partial charge in [-0.25, -0.2) is 9.67 Å². The van der Waals surface area contributed by atoms with Crippen LogP contribution in [0.15, 0.2) is 36.8 Å². The first kappa shape index (κ1) is 12.6. The van der Waals surface area contributed by atoms with Crippen LogP contribution in [0.1, 0.15) is 11.5 Å². The normalized spacial score (nSPS) is 13.6. The summed E-state index contributed by atoms with van der Waals surface area (Å²) in [6.07, 6.45) is -0.360. The van der Waals surface area contributed by atoms with Crippen LogP contribution in [0.4, 0.5) is 13.2 Å². The molecule has 7 heteroatoms. The fourth-order valence-electron chi connectivity index (χ4n) is 1.59. The highest BCUT2D eigenvalue weighted by atomic mass is 19.4. The second-order valence-electron chi connectivity index (χ2n) is 3.74. The summed E-state index contributed by atoms with van der Waals surface area (Å²) in [5.41, 5.74) is 5.20. The number of hydrogen-bond donors (Lipinski definition) is 1. The van der Waals surface area contributed by atoms with E-state index in [4.69, 9.17) is 5.73 Å². The van der Waals surface area contributed by atoms with E-state index in [-0.39, 0.29) is 5.56 Å². The highest BCUT2D eigenvalue weighted by molar-refractivity contribution is 5.24. The zero-order valence-corrected chi connectivity index (χ0v) is 9.30. The summed E-state index contributed by atoms with van der Waals surface area (Å²) in [6.45, 7) is -0.503. The van der Waals surface area contributed by atoms with Crippen molar-refractivity contribution in [3.8, 4) is 5.82 Å². The Morgan fingerprint density at radius 1 is 1.33 bits per heavy atom. The number of aromatic nitrogens is 3. The molecule has 0 amide bonds. The summed E-state index contributed by atoms with van der Waals surface area (Å²) < 4.78 is 39.4. The van der Waals surface area contributed by atoms with Crippen molar-refractivity contribution in [2.24, 2.45) is 5.73 Å². The van der Waals surface area contributed by atoms with Crippen molar-refractivity contribution in [1.82, 2.24) is 14.8 Å². The Labute approximate surface area is 101 Å². The van der Waals surface area contributed by atoms with Gasteiger partial charge in [0.05, 0.1) is 12.1 Å². The summed E-state index contributed by atoms with van der Waals surface area (Å²) in [7, 11) is 0. The minimum Gasteiger partial charge on any atom is -0.330 e. The van der Waals surface area contributed by atoms with Crippen LogP contribution in [0, 0.1) is 0 Å². The molecule has 2 N–H and O–H groups in total. The zero-order chi connectivity index (χ0) is 13.2. The largest absolute Gasteiger partial charge is 0.397 e. The molecule has 1 unspecified atom stereocenters. The van der Waals surface area contributed by atoms with E-state index in [9.17, 15) is 13.2 Å². The van der Waals surface area contributed by atoms with E-state index in [0.717, 1.165) is 0 Å². The first-order valence-corrected chi connectivity index (χ1v) is 5.25. The molecular formula is C11H11F3N4. The SMILES string of the molecule is NCC(c1cnn(-c2ccccn2)c1)C(F)(F)F. The van der Waals surface area contributed by atoms with E-state index in [0.29, 0.717) is 5.82 Å². The van der Waals surface area contributed by atoms with E-state index in [1.54, 1.807) is 24.4 Å². The van der Waals surface area contributed by atoms with Gasteiger partial charge in [0.2, 0.25) is 0 Å². The first-order chi connectivity index (χ1) is 8.52. The summed E-state index contributed by atoms with van der Waals surface area (Å²) in [6, 6.07) is 5.10. The van der Waals surface area contributed by atoms with Crippen LogP contribution in [0.2, 0.25) is 0 Å². The molecule has 96 valence electrons. The van der Waals surface area contributed by atoms with E-state index >= 15 is 0 Å². The Kier molecular flexibility index (Phi) is 3.33. The molecule has 2 aromatic rings. The molecule has 0 bridgehead atoms. The molecular weight excluding hydrogens is 245 g/mol. The quantitative estimate of drug-likeness (QED) is 0.912. The summed E-state index contributed by atoms with van der Waals surface area (Å²) in [5, 5.41) is 3.87. The molecule has 0 saturated carbocycles. The molecule has 0 fully saturated rings. The Morgan fingerprint density at radius 3 is 2.67 bits per heavy atom. The van der Waals surface area contributed by atoms with E-state index in [1.165, 1.54) is 17.1 Å². The monoisotopic (exact) mass is 256 g/mol. The van der Waals surface area contributed by atoms with E-state index in [1.807, 2.05) is 0 Å². The molecule has 0 aliphatic rings. The van der Waals surface area contributed by atoms with E-state index in [2.05, 4.69) is 10.1 Å². The Balaban J connectivity index is 2.31. The third-order valence-corrected chi connectivity index (χ3v) is 2.52. The average molecular weight is 256 g/mol. The molecule has 0 saturated heterocycles. The molecule has 0 aliphatic carbocycles. The predicted molar refractivity (Wildman–Crippen MR) is 59.2 cm³/mol. The summed E-state index contributed by atoms with van der Waals surface area (Å²) >= 11 is 0. The lowest BCUT2D eigenvalue weighted by atomic mass is 10.0. The fourth-order valence-corrected chi connectivity index (χ4v) is 1.59. The first-order valence-electron chi connectivity index (χ1n) is 5.25. The molecule has 1 atom stereocenters. The molecule has 0 aromatic carbocycles. The predicted octanol–water partition coefficient (Wildman–Crippen LogP) is 1.87. The van der Waals surface area contributed by atoms with Crippen LogP contribution >= 0.6 is 0 Å². The maximum Gasteiger partial charge on any atom is 0.397 e. The van der Waals surface area contributed by atoms with Crippen molar-refractivity contribution in [3.05, 3.63) is 42.4 Å². The summed E-state index contributed by atoms with van der Waals surface area (Å²) in [5.74, 6) is -1.24. The lowest BCUT2D eigenvalue weighted by Gasteiger charge is -2.16. The van der Waals surface area contributed by atoms with Crippen LogP contribution in [-0.4, -0.2) is 27.5 Å². The van der Waals surface area contributed by atoms with Crippen molar-refractivity contribution in [1.29, 1.82) is 0 Å². The smallest absolute Gasteiger partial charge is 0.330 e. The lowest BCUT2D eigenvalue weighted by molar-refractivity contribution is -0.148. The topological polar surface area (TPSA) is 56.7 Å². The molecule has 0 aliphatic heterocycles. The lowest BCUT2D eigenvalue weighted by Crippen LogP contribution is -2.27. The fraction of sp³-hybridized carbons (Fsp3) is 0.273. The van der Waals surface area contributed by atoms with Gasteiger partial charge in [0.1, 0.15) is 0 Å². The van der Waals surface area contributed by atoms with Crippen LogP contribution < -0.4 is 5.73 Å². The van der Waals surface area contributed by atoms with Gasteiger partial charge < -0.3 is 5.73 Å². The molecule has 4 nitrogen and oxygen atoms in total. The molecule has 2 heterocycles.